The van der Waals surface area contributed by atoms with E-state index in [9.17, 15) is 13.2 Å². The first-order valence-corrected chi connectivity index (χ1v) is 12.9. The van der Waals surface area contributed by atoms with E-state index in [2.05, 4.69) is 36.5 Å². The zero-order chi connectivity index (χ0) is 20.0. The minimum Gasteiger partial charge on any atom is -0.355 e. The van der Waals surface area contributed by atoms with Crippen LogP contribution in [0.15, 0.2) is 46.0 Å². The molecule has 0 radical (unpaired) electrons. The number of thioether (sulfide) groups is 1. The highest BCUT2D eigenvalue weighted by atomic mass is 32.2. The number of carbonyl (C=O) groups is 1. The van der Waals surface area contributed by atoms with Crippen molar-refractivity contribution in [3.63, 3.8) is 0 Å². The molecule has 1 fully saturated rings. The Labute approximate surface area is 175 Å². The normalized spacial score (nSPS) is 18.1. The van der Waals surface area contributed by atoms with Gasteiger partial charge in [-0.3, -0.25) is 4.79 Å². The van der Waals surface area contributed by atoms with Gasteiger partial charge in [0.2, 0.25) is 5.91 Å². The van der Waals surface area contributed by atoms with E-state index in [4.69, 9.17) is 0 Å². The molecule has 2 aromatic rings. The quantitative estimate of drug-likeness (QED) is 0.641. The number of piperidine rings is 1. The Morgan fingerprint density at radius 2 is 2.18 bits per heavy atom. The molecule has 0 bridgehead atoms. The van der Waals surface area contributed by atoms with Gasteiger partial charge in [0.05, 0.1) is 5.92 Å². The number of amides is 1. The maximum absolute atomic E-state index is 12.7. The topological polar surface area (TPSA) is 66.5 Å². The molecule has 1 amide bonds. The number of sulfonamides is 1. The Morgan fingerprint density at radius 1 is 1.32 bits per heavy atom. The van der Waals surface area contributed by atoms with Crippen LogP contribution in [0.5, 0.6) is 0 Å². The largest absolute Gasteiger partial charge is 0.355 e. The Kier molecular flexibility index (Phi) is 7.56. The van der Waals surface area contributed by atoms with E-state index in [-0.39, 0.29) is 18.4 Å². The third-order valence-electron chi connectivity index (χ3n) is 4.74. The summed E-state index contributed by atoms with van der Waals surface area (Å²) in [5.41, 5.74) is 2.55. The zero-order valence-corrected chi connectivity index (χ0v) is 18.4. The van der Waals surface area contributed by atoms with E-state index in [0.717, 1.165) is 17.9 Å². The van der Waals surface area contributed by atoms with Crippen molar-refractivity contribution in [1.29, 1.82) is 0 Å². The number of aryl methyl sites for hydroxylation is 1. The van der Waals surface area contributed by atoms with Gasteiger partial charge in [-0.1, -0.05) is 35.9 Å². The number of hydrogen-bond donors (Lipinski definition) is 1. The van der Waals surface area contributed by atoms with Gasteiger partial charge < -0.3 is 5.32 Å². The van der Waals surface area contributed by atoms with E-state index in [0.29, 0.717) is 23.7 Å². The number of hydrogen-bond acceptors (Lipinski definition) is 5. The molecule has 8 heteroatoms. The molecule has 1 aromatic carbocycles. The number of rotatable bonds is 8. The molecule has 0 unspecified atom stereocenters. The van der Waals surface area contributed by atoms with Gasteiger partial charge in [-0.25, -0.2) is 8.42 Å². The van der Waals surface area contributed by atoms with Crippen molar-refractivity contribution in [2.75, 3.05) is 25.4 Å². The lowest BCUT2D eigenvalue weighted by Gasteiger charge is -2.30. The standard InChI is InChI=1S/C20H26N2O3S3/c1-16-5-2-6-17(13-16)15-26-12-9-21-20(23)18-7-3-10-22(14-18)28(24,25)19-8-4-11-27-19/h2,4-6,8,11,13,18H,3,7,9-10,12,14-15H2,1H3,(H,21,23)/t18-/m1/s1. The van der Waals surface area contributed by atoms with E-state index in [1.165, 1.54) is 26.8 Å². The summed E-state index contributed by atoms with van der Waals surface area (Å²) < 4.78 is 27.2. The predicted octanol–water partition coefficient (Wildman–Crippen LogP) is 3.51. The molecule has 0 spiro atoms. The first kappa shape index (κ1) is 21.4. The lowest BCUT2D eigenvalue weighted by molar-refractivity contribution is -0.125. The van der Waals surface area contributed by atoms with E-state index >= 15 is 0 Å². The summed E-state index contributed by atoms with van der Waals surface area (Å²) in [5, 5.41) is 4.74. The zero-order valence-electron chi connectivity index (χ0n) is 16.0. The maximum atomic E-state index is 12.7. The summed E-state index contributed by atoms with van der Waals surface area (Å²) in [5.74, 6) is 1.45. The Balaban J connectivity index is 1.43. The van der Waals surface area contributed by atoms with Crippen LogP contribution >= 0.6 is 23.1 Å². The Morgan fingerprint density at radius 3 is 2.93 bits per heavy atom. The molecule has 3 rings (SSSR count). The number of nitrogens with zero attached hydrogens (tertiary/aromatic N) is 1. The van der Waals surface area contributed by atoms with Crippen LogP contribution in [0, 0.1) is 12.8 Å². The molecule has 0 aliphatic carbocycles. The molecule has 1 aliphatic heterocycles. The van der Waals surface area contributed by atoms with Gasteiger partial charge in [0, 0.05) is 31.1 Å². The number of benzene rings is 1. The van der Waals surface area contributed by atoms with Gasteiger partial charge in [0.1, 0.15) is 4.21 Å². The average molecular weight is 439 g/mol. The van der Waals surface area contributed by atoms with Crippen molar-refractivity contribution >= 4 is 39.0 Å². The van der Waals surface area contributed by atoms with Crippen LogP contribution < -0.4 is 5.32 Å². The average Bonchev–Trinajstić information content (AvgIpc) is 3.23. The molecule has 1 N–H and O–H groups in total. The van der Waals surface area contributed by atoms with Crippen LogP contribution in [0.2, 0.25) is 0 Å². The Hall–Kier alpha value is -1.35. The van der Waals surface area contributed by atoms with Crippen molar-refractivity contribution in [2.24, 2.45) is 5.92 Å². The summed E-state index contributed by atoms with van der Waals surface area (Å²) in [6.07, 6.45) is 1.45. The number of thiophene rings is 1. The lowest BCUT2D eigenvalue weighted by atomic mass is 9.99. The van der Waals surface area contributed by atoms with Gasteiger partial charge in [0.15, 0.2) is 0 Å². The molecule has 1 saturated heterocycles. The van der Waals surface area contributed by atoms with Crippen LogP contribution in [-0.2, 0) is 20.6 Å². The highest BCUT2D eigenvalue weighted by molar-refractivity contribution is 7.98. The predicted molar refractivity (Wildman–Crippen MR) is 116 cm³/mol. The number of nitrogens with one attached hydrogen (secondary N) is 1. The van der Waals surface area contributed by atoms with Gasteiger partial charge in [-0.05, 0) is 36.8 Å². The molecule has 1 aromatic heterocycles. The van der Waals surface area contributed by atoms with Crippen molar-refractivity contribution in [3.05, 3.63) is 52.9 Å². The van der Waals surface area contributed by atoms with Crippen molar-refractivity contribution in [2.45, 2.75) is 29.7 Å². The minimum absolute atomic E-state index is 0.0396. The van der Waals surface area contributed by atoms with Crippen molar-refractivity contribution < 1.29 is 13.2 Å². The second-order valence-corrected chi connectivity index (χ2v) is 11.2. The first-order valence-electron chi connectivity index (χ1n) is 9.41. The SMILES string of the molecule is Cc1cccc(CSCCNC(=O)[C@@H]2CCCN(S(=O)(=O)c3cccs3)C2)c1. The summed E-state index contributed by atoms with van der Waals surface area (Å²) in [6.45, 7) is 3.43. The number of carbonyl (C=O) groups excluding carboxylic acids is 1. The fourth-order valence-electron chi connectivity index (χ4n) is 3.29. The van der Waals surface area contributed by atoms with Gasteiger partial charge in [-0.2, -0.15) is 16.1 Å². The van der Waals surface area contributed by atoms with Crippen LogP contribution in [0.4, 0.5) is 0 Å². The summed E-state index contributed by atoms with van der Waals surface area (Å²) in [6, 6.07) is 11.8. The second kappa shape index (κ2) is 9.91. The van der Waals surface area contributed by atoms with E-state index < -0.39 is 10.0 Å². The summed E-state index contributed by atoms with van der Waals surface area (Å²) in [7, 11) is -3.48. The summed E-state index contributed by atoms with van der Waals surface area (Å²) >= 11 is 3.01. The van der Waals surface area contributed by atoms with Gasteiger partial charge in [0.25, 0.3) is 10.0 Å². The third kappa shape index (κ3) is 5.59. The van der Waals surface area contributed by atoms with Crippen molar-refractivity contribution in [1.82, 2.24) is 9.62 Å². The highest BCUT2D eigenvalue weighted by Crippen LogP contribution is 2.26. The van der Waals surface area contributed by atoms with Crippen LogP contribution in [0.25, 0.3) is 0 Å². The fraction of sp³-hybridized carbons (Fsp3) is 0.450. The molecule has 5 nitrogen and oxygen atoms in total. The second-order valence-electron chi connectivity index (χ2n) is 6.97. The molecule has 0 saturated carbocycles. The molecule has 1 aliphatic rings. The smallest absolute Gasteiger partial charge is 0.252 e. The minimum atomic E-state index is -3.48. The Bertz CT molecular complexity index is 882. The molecular weight excluding hydrogens is 412 g/mol. The molecule has 2 heterocycles. The molecule has 28 heavy (non-hydrogen) atoms. The third-order valence-corrected chi connectivity index (χ3v) is 9.01. The van der Waals surface area contributed by atoms with Crippen molar-refractivity contribution in [3.8, 4) is 0 Å². The van der Waals surface area contributed by atoms with E-state index in [1.54, 1.807) is 29.3 Å². The first-order chi connectivity index (χ1) is 13.5. The maximum Gasteiger partial charge on any atom is 0.252 e. The van der Waals surface area contributed by atoms with Gasteiger partial charge in [-0.15, -0.1) is 11.3 Å². The van der Waals surface area contributed by atoms with Crippen LogP contribution in [0.3, 0.4) is 0 Å². The summed E-state index contributed by atoms with van der Waals surface area (Å²) in [4.78, 5) is 12.5. The molecular formula is C20H26N2O3S3. The monoisotopic (exact) mass is 438 g/mol. The van der Waals surface area contributed by atoms with Crippen LogP contribution in [0.1, 0.15) is 24.0 Å². The lowest BCUT2D eigenvalue weighted by Crippen LogP contribution is -2.45. The fourth-order valence-corrected chi connectivity index (χ4v) is 6.77. The van der Waals surface area contributed by atoms with Gasteiger partial charge >= 0.3 is 0 Å². The van der Waals surface area contributed by atoms with E-state index in [1.807, 2.05) is 0 Å². The molecule has 152 valence electrons. The highest BCUT2D eigenvalue weighted by Gasteiger charge is 2.33. The van der Waals surface area contributed by atoms with Crippen LogP contribution in [-0.4, -0.2) is 44.0 Å². The molecule has 1 atom stereocenters.